The molecule has 30 heavy (non-hydrogen) atoms. The van der Waals surface area contributed by atoms with E-state index < -0.39 is 4.92 Å². The summed E-state index contributed by atoms with van der Waals surface area (Å²) in [7, 11) is 1.43. The first-order chi connectivity index (χ1) is 14.5. The fraction of sp³-hybridized carbons (Fsp3) is 0.0909. The van der Waals surface area contributed by atoms with Crippen LogP contribution in [0, 0.1) is 10.1 Å². The number of nitrogens with zero attached hydrogens (tertiary/aromatic N) is 3. The van der Waals surface area contributed by atoms with Crippen molar-refractivity contribution < 1.29 is 18.9 Å². The van der Waals surface area contributed by atoms with Crippen LogP contribution in [0.3, 0.4) is 0 Å². The lowest BCUT2D eigenvalue weighted by Gasteiger charge is -2.10. The minimum atomic E-state index is -0.489. The van der Waals surface area contributed by atoms with Crippen LogP contribution in [0.15, 0.2) is 75.8 Å². The van der Waals surface area contributed by atoms with E-state index in [2.05, 4.69) is 5.10 Å². The molecule has 1 aromatic heterocycles. The molecule has 150 valence electrons. The van der Waals surface area contributed by atoms with Crippen molar-refractivity contribution in [1.29, 1.82) is 0 Å². The predicted molar refractivity (Wildman–Crippen MR) is 112 cm³/mol. The van der Waals surface area contributed by atoms with Crippen LogP contribution in [0.4, 0.5) is 11.4 Å². The second-order valence-electron chi connectivity index (χ2n) is 6.54. The van der Waals surface area contributed by atoms with Crippen LogP contribution >= 0.6 is 0 Å². The molecular weight excluding hydrogens is 386 g/mol. The third-order valence-electron chi connectivity index (χ3n) is 4.64. The Hall–Kier alpha value is -4.20. The van der Waals surface area contributed by atoms with Crippen molar-refractivity contribution >= 4 is 29.1 Å². The van der Waals surface area contributed by atoms with Crippen LogP contribution in [0.5, 0.6) is 5.75 Å². The first kappa shape index (κ1) is 19.1. The lowest BCUT2D eigenvalue weighted by atomic mass is 10.1. The van der Waals surface area contributed by atoms with Crippen LogP contribution in [0.2, 0.25) is 0 Å². The maximum absolute atomic E-state index is 12.8. The molecule has 3 aromatic rings. The van der Waals surface area contributed by atoms with Crippen molar-refractivity contribution in [3.63, 3.8) is 0 Å². The number of hydrazone groups is 1. The molecule has 0 saturated heterocycles. The van der Waals surface area contributed by atoms with Gasteiger partial charge in [-0.05, 0) is 43.3 Å². The lowest BCUT2D eigenvalue weighted by molar-refractivity contribution is -0.384. The molecule has 0 saturated carbocycles. The average Bonchev–Trinajstić information content (AvgIpc) is 3.34. The molecule has 0 N–H and O–H groups in total. The maximum Gasteiger partial charge on any atom is 0.280 e. The smallest absolute Gasteiger partial charge is 0.280 e. The number of methoxy groups -OCH3 is 1. The summed E-state index contributed by atoms with van der Waals surface area (Å²) in [4.78, 5) is 23.3. The van der Waals surface area contributed by atoms with E-state index in [0.29, 0.717) is 39.8 Å². The molecule has 8 nitrogen and oxygen atoms in total. The number of anilines is 1. The molecule has 2 heterocycles. The Balaban J connectivity index is 1.64. The van der Waals surface area contributed by atoms with E-state index in [-0.39, 0.29) is 11.6 Å². The Morgan fingerprint density at radius 3 is 2.60 bits per heavy atom. The highest BCUT2D eigenvalue weighted by Gasteiger charge is 2.29. The van der Waals surface area contributed by atoms with E-state index in [4.69, 9.17) is 9.15 Å². The second kappa shape index (κ2) is 7.67. The van der Waals surface area contributed by atoms with Crippen LogP contribution in [-0.2, 0) is 4.79 Å². The van der Waals surface area contributed by atoms with Crippen molar-refractivity contribution in [1.82, 2.24) is 0 Å². The SMILES string of the molecule is COc1cc([N+](=O)[O-])ccc1-c1ccc(/C=C2\C(=O)N(c3ccccc3)N=C2C)o1. The number of non-ortho nitro benzene ring substituents is 1. The van der Waals surface area contributed by atoms with E-state index in [1.54, 1.807) is 31.2 Å². The number of nitro groups is 1. The average molecular weight is 403 g/mol. The van der Waals surface area contributed by atoms with Crippen molar-refractivity contribution in [3.8, 4) is 17.1 Å². The molecular formula is C22H17N3O5. The molecule has 0 atom stereocenters. The van der Waals surface area contributed by atoms with Gasteiger partial charge in [-0.15, -0.1) is 0 Å². The number of carbonyl (C=O) groups is 1. The summed E-state index contributed by atoms with van der Waals surface area (Å²) in [5.74, 6) is 0.999. The molecule has 0 aliphatic carbocycles. The highest BCUT2D eigenvalue weighted by atomic mass is 16.6. The molecule has 0 bridgehead atoms. The molecule has 0 fully saturated rings. The molecule has 4 rings (SSSR count). The van der Waals surface area contributed by atoms with Gasteiger partial charge < -0.3 is 9.15 Å². The van der Waals surface area contributed by atoms with E-state index in [1.807, 2.05) is 30.3 Å². The zero-order chi connectivity index (χ0) is 21.3. The van der Waals surface area contributed by atoms with Gasteiger partial charge in [-0.2, -0.15) is 10.1 Å². The minimum Gasteiger partial charge on any atom is -0.496 e. The summed E-state index contributed by atoms with van der Waals surface area (Å²) in [5, 5.41) is 16.7. The molecule has 2 aromatic carbocycles. The van der Waals surface area contributed by atoms with Crippen molar-refractivity contribution in [2.75, 3.05) is 12.1 Å². The van der Waals surface area contributed by atoms with Crippen molar-refractivity contribution in [2.24, 2.45) is 5.10 Å². The van der Waals surface area contributed by atoms with E-state index in [0.717, 1.165) is 0 Å². The maximum atomic E-state index is 12.8. The van der Waals surface area contributed by atoms with Gasteiger partial charge in [-0.25, -0.2) is 0 Å². The number of ether oxygens (including phenoxy) is 1. The Kier molecular flexibility index (Phi) is 4.89. The number of benzene rings is 2. The first-order valence-electron chi connectivity index (χ1n) is 9.07. The van der Waals surface area contributed by atoms with Crippen LogP contribution in [0.1, 0.15) is 12.7 Å². The molecule has 1 aliphatic heterocycles. The number of rotatable bonds is 5. The van der Waals surface area contributed by atoms with Crippen LogP contribution in [-0.4, -0.2) is 23.7 Å². The fourth-order valence-electron chi connectivity index (χ4n) is 3.14. The summed E-state index contributed by atoms with van der Waals surface area (Å²) in [6, 6.07) is 16.9. The fourth-order valence-corrected chi connectivity index (χ4v) is 3.14. The number of hydrogen-bond acceptors (Lipinski definition) is 6. The molecule has 0 spiro atoms. The zero-order valence-electron chi connectivity index (χ0n) is 16.2. The van der Waals surface area contributed by atoms with Gasteiger partial charge in [0, 0.05) is 6.07 Å². The Bertz CT molecular complexity index is 1190. The molecule has 1 amide bonds. The van der Waals surface area contributed by atoms with Crippen LogP contribution in [0.25, 0.3) is 17.4 Å². The van der Waals surface area contributed by atoms with E-state index >= 15 is 0 Å². The number of amides is 1. The normalized spacial score (nSPS) is 14.9. The van der Waals surface area contributed by atoms with Crippen molar-refractivity contribution in [2.45, 2.75) is 6.92 Å². The topological polar surface area (TPSA) is 98.2 Å². The first-order valence-corrected chi connectivity index (χ1v) is 9.07. The highest BCUT2D eigenvalue weighted by molar-refractivity contribution is 6.32. The number of para-hydroxylation sites is 1. The van der Waals surface area contributed by atoms with Gasteiger partial charge in [-0.1, -0.05) is 18.2 Å². The number of nitro benzene ring substituents is 1. The third-order valence-corrected chi connectivity index (χ3v) is 4.64. The summed E-state index contributed by atoms with van der Waals surface area (Å²) in [6.07, 6.45) is 1.63. The Morgan fingerprint density at radius 2 is 1.90 bits per heavy atom. The predicted octanol–water partition coefficient (Wildman–Crippen LogP) is 4.67. The molecule has 8 heteroatoms. The standard InChI is InChI=1S/C22H17N3O5/c1-14-19(22(26)24(23-14)15-6-4-3-5-7-15)13-17-9-11-20(30-17)18-10-8-16(25(27)28)12-21(18)29-2/h3-13H,1-2H3/b19-13-. The lowest BCUT2D eigenvalue weighted by Crippen LogP contribution is -2.21. The summed E-state index contributed by atoms with van der Waals surface area (Å²) in [6.45, 7) is 1.76. The summed E-state index contributed by atoms with van der Waals surface area (Å²) in [5.41, 5.74) is 2.18. The van der Waals surface area contributed by atoms with Gasteiger partial charge in [0.25, 0.3) is 11.6 Å². The number of carbonyl (C=O) groups excluding carboxylic acids is 1. The van der Waals surface area contributed by atoms with Gasteiger partial charge in [0.15, 0.2) is 0 Å². The van der Waals surface area contributed by atoms with Gasteiger partial charge >= 0.3 is 0 Å². The van der Waals surface area contributed by atoms with Gasteiger partial charge in [-0.3, -0.25) is 14.9 Å². The highest BCUT2D eigenvalue weighted by Crippen LogP contribution is 2.35. The molecule has 0 radical (unpaired) electrons. The summed E-state index contributed by atoms with van der Waals surface area (Å²) < 4.78 is 11.1. The minimum absolute atomic E-state index is 0.0751. The van der Waals surface area contributed by atoms with Crippen LogP contribution < -0.4 is 9.75 Å². The number of furan rings is 1. The van der Waals surface area contributed by atoms with Gasteiger partial charge in [0.05, 0.1) is 40.6 Å². The summed E-state index contributed by atoms with van der Waals surface area (Å²) >= 11 is 0. The molecule has 0 unspecified atom stereocenters. The van der Waals surface area contributed by atoms with Gasteiger partial charge in [0.2, 0.25) is 0 Å². The molecule has 1 aliphatic rings. The monoisotopic (exact) mass is 403 g/mol. The Morgan fingerprint density at radius 1 is 1.13 bits per heavy atom. The van der Waals surface area contributed by atoms with Crippen molar-refractivity contribution in [3.05, 3.63) is 82.1 Å². The van der Waals surface area contributed by atoms with E-state index in [9.17, 15) is 14.9 Å². The zero-order valence-corrected chi connectivity index (χ0v) is 16.2. The quantitative estimate of drug-likeness (QED) is 0.350. The van der Waals surface area contributed by atoms with E-state index in [1.165, 1.54) is 24.3 Å². The second-order valence-corrected chi connectivity index (χ2v) is 6.54. The third kappa shape index (κ3) is 3.46. The van der Waals surface area contributed by atoms with Gasteiger partial charge in [0.1, 0.15) is 17.3 Å². The number of hydrogen-bond donors (Lipinski definition) is 0. The Labute approximate surface area is 171 Å². The largest absolute Gasteiger partial charge is 0.496 e.